The van der Waals surface area contributed by atoms with Gasteiger partial charge in [0.05, 0.1) is 11.6 Å². The van der Waals surface area contributed by atoms with Crippen LogP contribution in [0, 0.1) is 17.6 Å². The molecule has 2 N–H and O–H groups in total. The molecule has 88 valence electrons. The third-order valence-electron chi connectivity index (χ3n) is 2.01. The first kappa shape index (κ1) is 12.9. The maximum Gasteiger partial charge on any atom is 0.308 e. The fourth-order valence-electron chi connectivity index (χ4n) is 1.05. The largest absolute Gasteiger partial charge is 0.481 e. The van der Waals surface area contributed by atoms with Gasteiger partial charge < -0.3 is 10.4 Å². The lowest BCUT2D eigenvalue weighted by molar-refractivity contribution is -0.140. The monoisotopic (exact) mass is 293 g/mol. The van der Waals surface area contributed by atoms with Gasteiger partial charge in [-0.15, -0.1) is 0 Å². The fourth-order valence-corrected chi connectivity index (χ4v) is 1.60. The third kappa shape index (κ3) is 3.16. The van der Waals surface area contributed by atoms with Gasteiger partial charge in [0.15, 0.2) is 0 Å². The van der Waals surface area contributed by atoms with Crippen LogP contribution in [0.2, 0.25) is 0 Å². The van der Waals surface area contributed by atoms with Crippen LogP contribution in [-0.4, -0.2) is 17.6 Å². The number of anilines is 1. The lowest BCUT2D eigenvalue weighted by Crippen LogP contribution is -2.20. The molecule has 1 aromatic rings. The van der Waals surface area contributed by atoms with Crippen LogP contribution >= 0.6 is 15.9 Å². The molecule has 0 aromatic heterocycles. The van der Waals surface area contributed by atoms with Crippen molar-refractivity contribution in [3.8, 4) is 0 Å². The van der Waals surface area contributed by atoms with Crippen LogP contribution in [0.4, 0.5) is 14.5 Å². The molecule has 0 aliphatic carbocycles. The summed E-state index contributed by atoms with van der Waals surface area (Å²) in [7, 11) is 0. The van der Waals surface area contributed by atoms with E-state index in [0.29, 0.717) is 0 Å². The number of hydrogen-bond acceptors (Lipinski definition) is 2. The van der Waals surface area contributed by atoms with Gasteiger partial charge in [-0.2, -0.15) is 0 Å². The van der Waals surface area contributed by atoms with Gasteiger partial charge in [-0.25, -0.2) is 8.78 Å². The molecular formula is C10H10BrF2NO2. The van der Waals surface area contributed by atoms with E-state index in [1.807, 2.05) is 0 Å². The summed E-state index contributed by atoms with van der Waals surface area (Å²) < 4.78 is 26.3. The second kappa shape index (κ2) is 5.25. The number of rotatable bonds is 4. The summed E-state index contributed by atoms with van der Waals surface area (Å²) in [6, 6.07) is 1.84. The summed E-state index contributed by atoms with van der Waals surface area (Å²) in [6.45, 7) is 1.56. The summed E-state index contributed by atoms with van der Waals surface area (Å²) in [6.07, 6.45) is 0. The van der Waals surface area contributed by atoms with Crippen molar-refractivity contribution in [2.45, 2.75) is 6.92 Å². The molecule has 0 bridgehead atoms. The van der Waals surface area contributed by atoms with Gasteiger partial charge in [0.25, 0.3) is 0 Å². The van der Waals surface area contributed by atoms with E-state index in [1.165, 1.54) is 6.92 Å². The van der Waals surface area contributed by atoms with E-state index in [-0.39, 0.29) is 16.7 Å². The maximum atomic E-state index is 13.3. The van der Waals surface area contributed by atoms with Gasteiger partial charge in [-0.05, 0) is 22.0 Å². The SMILES string of the molecule is CC(CNc1c(F)cc(F)cc1Br)C(=O)O. The first-order valence-corrected chi connectivity index (χ1v) is 5.32. The molecule has 1 rings (SSSR count). The number of hydrogen-bond donors (Lipinski definition) is 2. The van der Waals surface area contributed by atoms with E-state index < -0.39 is 23.5 Å². The van der Waals surface area contributed by atoms with E-state index in [2.05, 4.69) is 21.2 Å². The number of carboxylic acids is 1. The zero-order chi connectivity index (χ0) is 12.3. The van der Waals surface area contributed by atoms with Crippen LogP contribution in [-0.2, 0) is 4.79 Å². The zero-order valence-corrected chi connectivity index (χ0v) is 10.0. The molecule has 0 fully saturated rings. The number of carboxylic acid groups (broad SMARTS) is 1. The Labute approximate surface area is 99.6 Å². The first-order chi connectivity index (χ1) is 7.41. The van der Waals surface area contributed by atoms with Crippen LogP contribution in [0.5, 0.6) is 0 Å². The van der Waals surface area contributed by atoms with Gasteiger partial charge in [-0.1, -0.05) is 6.92 Å². The van der Waals surface area contributed by atoms with Crippen molar-refractivity contribution in [3.05, 3.63) is 28.2 Å². The van der Waals surface area contributed by atoms with Gasteiger partial charge >= 0.3 is 5.97 Å². The number of benzene rings is 1. The molecular weight excluding hydrogens is 284 g/mol. The van der Waals surface area contributed by atoms with Crippen molar-refractivity contribution >= 4 is 27.6 Å². The highest BCUT2D eigenvalue weighted by molar-refractivity contribution is 9.10. The fraction of sp³-hybridized carbons (Fsp3) is 0.300. The average molecular weight is 294 g/mol. The predicted octanol–water partition coefficient (Wildman–Crippen LogP) is 2.86. The highest BCUT2D eigenvalue weighted by Gasteiger charge is 2.14. The van der Waals surface area contributed by atoms with Crippen LogP contribution < -0.4 is 5.32 Å². The highest BCUT2D eigenvalue weighted by Crippen LogP contribution is 2.26. The smallest absolute Gasteiger partial charge is 0.308 e. The molecule has 6 heteroatoms. The van der Waals surface area contributed by atoms with Crippen molar-refractivity contribution in [1.29, 1.82) is 0 Å². The number of carbonyl (C=O) groups is 1. The van der Waals surface area contributed by atoms with Crippen LogP contribution in [0.1, 0.15) is 6.92 Å². The molecule has 0 spiro atoms. The van der Waals surface area contributed by atoms with Crippen LogP contribution in [0.15, 0.2) is 16.6 Å². The molecule has 0 saturated heterocycles. The molecule has 0 saturated carbocycles. The summed E-state index contributed by atoms with van der Waals surface area (Å²) in [5, 5.41) is 11.3. The Hall–Kier alpha value is -1.17. The van der Waals surface area contributed by atoms with Crippen LogP contribution in [0.25, 0.3) is 0 Å². The summed E-state index contributed by atoms with van der Waals surface area (Å²) in [4.78, 5) is 10.5. The standard InChI is InChI=1S/C10H10BrF2NO2/c1-5(10(15)16)4-14-9-7(11)2-6(12)3-8(9)13/h2-3,5,14H,4H2,1H3,(H,15,16). The van der Waals surface area contributed by atoms with Gasteiger partial charge in [0, 0.05) is 17.1 Å². The van der Waals surface area contributed by atoms with Crippen molar-refractivity contribution in [2.75, 3.05) is 11.9 Å². The van der Waals surface area contributed by atoms with E-state index in [4.69, 9.17) is 5.11 Å². The molecule has 16 heavy (non-hydrogen) atoms. The Morgan fingerprint density at radius 3 is 2.69 bits per heavy atom. The lowest BCUT2D eigenvalue weighted by Gasteiger charge is -2.12. The summed E-state index contributed by atoms with van der Waals surface area (Å²) in [5.74, 6) is -3.09. The first-order valence-electron chi connectivity index (χ1n) is 4.53. The molecule has 3 nitrogen and oxygen atoms in total. The Bertz CT molecular complexity index is 389. The second-order valence-electron chi connectivity index (χ2n) is 3.36. The van der Waals surface area contributed by atoms with E-state index >= 15 is 0 Å². The number of halogens is 3. The van der Waals surface area contributed by atoms with E-state index in [9.17, 15) is 13.6 Å². The molecule has 0 radical (unpaired) electrons. The number of nitrogens with one attached hydrogen (secondary N) is 1. The summed E-state index contributed by atoms with van der Waals surface area (Å²) >= 11 is 3.00. The van der Waals surface area contributed by atoms with Crippen molar-refractivity contribution in [1.82, 2.24) is 0 Å². The maximum absolute atomic E-state index is 13.3. The molecule has 0 heterocycles. The molecule has 0 aliphatic rings. The van der Waals surface area contributed by atoms with E-state index in [0.717, 1.165) is 12.1 Å². The Morgan fingerprint density at radius 2 is 2.19 bits per heavy atom. The van der Waals surface area contributed by atoms with Crippen molar-refractivity contribution in [3.63, 3.8) is 0 Å². The van der Waals surface area contributed by atoms with Gasteiger partial charge in [0.1, 0.15) is 11.6 Å². The molecule has 1 unspecified atom stereocenters. The Morgan fingerprint density at radius 1 is 1.56 bits per heavy atom. The zero-order valence-electron chi connectivity index (χ0n) is 8.43. The minimum Gasteiger partial charge on any atom is -0.481 e. The Balaban J connectivity index is 2.78. The summed E-state index contributed by atoms with van der Waals surface area (Å²) in [5.41, 5.74) is 0.0644. The van der Waals surface area contributed by atoms with Gasteiger partial charge in [-0.3, -0.25) is 4.79 Å². The quantitative estimate of drug-likeness (QED) is 0.897. The number of aliphatic carboxylic acids is 1. The average Bonchev–Trinajstić information content (AvgIpc) is 2.15. The molecule has 0 amide bonds. The molecule has 0 aliphatic heterocycles. The third-order valence-corrected chi connectivity index (χ3v) is 2.64. The minimum absolute atomic E-state index is 0.0644. The van der Waals surface area contributed by atoms with E-state index in [1.54, 1.807) is 0 Å². The highest BCUT2D eigenvalue weighted by atomic mass is 79.9. The minimum atomic E-state index is -0.980. The Kier molecular flexibility index (Phi) is 4.23. The lowest BCUT2D eigenvalue weighted by atomic mass is 10.2. The second-order valence-corrected chi connectivity index (χ2v) is 4.22. The van der Waals surface area contributed by atoms with Gasteiger partial charge in [0.2, 0.25) is 0 Å². The topological polar surface area (TPSA) is 49.3 Å². The van der Waals surface area contributed by atoms with Crippen molar-refractivity contribution in [2.24, 2.45) is 5.92 Å². The molecule has 1 atom stereocenters. The normalized spacial score (nSPS) is 12.2. The van der Waals surface area contributed by atoms with Crippen LogP contribution in [0.3, 0.4) is 0 Å². The predicted molar refractivity (Wildman–Crippen MR) is 59.3 cm³/mol. The van der Waals surface area contributed by atoms with Crippen molar-refractivity contribution < 1.29 is 18.7 Å². The molecule has 1 aromatic carbocycles.